The maximum absolute atomic E-state index is 12.6. The highest BCUT2D eigenvalue weighted by atomic mass is 32.2. The highest BCUT2D eigenvalue weighted by Gasteiger charge is 2.27. The topological polar surface area (TPSA) is 93.7 Å². The van der Waals surface area contributed by atoms with E-state index in [2.05, 4.69) is 10.0 Å². The van der Waals surface area contributed by atoms with E-state index in [1.54, 1.807) is 25.3 Å². The Bertz CT molecular complexity index is 910. The van der Waals surface area contributed by atoms with Gasteiger partial charge in [0.15, 0.2) is 11.5 Å². The third-order valence-electron chi connectivity index (χ3n) is 3.98. The predicted molar refractivity (Wildman–Crippen MR) is 97.0 cm³/mol. The number of ether oxygens (including phenoxy) is 2. The van der Waals surface area contributed by atoms with Crippen molar-refractivity contribution in [2.45, 2.75) is 24.3 Å². The number of carbonyl (C=O) groups excluding carboxylic acids is 1. The van der Waals surface area contributed by atoms with Gasteiger partial charge in [0.1, 0.15) is 6.61 Å². The second-order valence-electron chi connectivity index (χ2n) is 5.99. The molecule has 0 unspecified atom stereocenters. The van der Waals surface area contributed by atoms with Gasteiger partial charge in [-0.05, 0) is 42.3 Å². The van der Waals surface area contributed by atoms with Crippen molar-refractivity contribution in [3.63, 3.8) is 0 Å². The Labute approximate surface area is 152 Å². The Morgan fingerprint density at radius 2 is 1.92 bits per heavy atom. The minimum Gasteiger partial charge on any atom is -0.493 e. The van der Waals surface area contributed by atoms with Gasteiger partial charge in [-0.15, -0.1) is 0 Å². The summed E-state index contributed by atoms with van der Waals surface area (Å²) in [5.74, 6) is 1.08. The Kier molecular flexibility index (Phi) is 5.15. The number of carbonyl (C=O) groups is 1. The van der Waals surface area contributed by atoms with Crippen LogP contribution in [-0.4, -0.2) is 34.1 Å². The van der Waals surface area contributed by atoms with Crippen molar-refractivity contribution in [1.29, 1.82) is 0 Å². The van der Waals surface area contributed by atoms with Crippen LogP contribution in [0.1, 0.15) is 12.5 Å². The molecule has 1 atom stereocenters. The maximum atomic E-state index is 12.6. The molecule has 1 heterocycles. The predicted octanol–water partition coefficient (Wildman–Crippen LogP) is 1.94. The number of amides is 1. The number of para-hydroxylation sites is 1. The van der Waals surface area contributed by atoms with Crippen molar-refractivity contribution < 1.29 is 22.7 Å². The lowest BCUT2D eigenvalue weighted by Gasteiger charge is -2.27. The summed E-state index contributed by atoms with van der Waals surface area (Å²) in [5.41, 5.74) is 1.43. The zero-order valence-corrected chi connectivity index (χ0v) is 15.3. The van der Waals surface area contributed by atoms with Gasteiger partial charge in [0.05, 0.1) is 18.0 Å². The first-order valence-corrected chi connectivity index (χ1v) is 9.56. The number of rotatable bonds is 5. The van der Waals surface area contributed by atoms with Crippen molar-refractivity contribution in [2.75, 3.05) is 19.0 Å². The van der Waals surface area contributed by atoms with E-state index in [0.29, 0.717) is 23.6 Å². The van der Waals surface area contributed by atoms with Crippen LogP contribution in [0.5, 0.6) is 11.5 Å². The molecule has 26 heavy (non-hydrogen) atoms. The molecule has 2 N–H and O–H groups in total. The van der Waals surface area contributed by atoms with Crippen molar-refractivity contribution in [3.05, 3.63) is 48.0 Å². The lowest BCUT2D eigenvalue weighted by atomic mass is 10.0. The molecule has 1 amide bonds. The minimum absolute atomic E-state index is 0.128. The standard InChI is InChI=1S/C18H20N2O5S/c1-12(21)19-14-6-8-16(9-7-14)26(22,23)20-15-10-13-4-3-5-17(24-2)18(13)25-11-15/h3-9,15,20H,10-11H2,1-2H3,(H,19,21)/t15-/m0/s1. The fraction of sp³-hybridized carbons (Fsp3) is 0.278. The monoisotopic (exact) mass is 376 g/mol. The Morgan fingerprint density at radius 1 is 1.19 bits per heavy atom. The quantitative estimate of drug-likeness (QED) is 0.832. The fourth-order valence-corrected chi connectivity index (χ4v) is 4.06. The smallest absolute Gasteiger partial charge is 0.240 e. The molecular weight excluding hydrogens is 356 g/mol. The van der Waals surface area contributed by atoms with Gasteiger partial charge in [-0.3, -0.25) is 4.79 Å². The molecule has 7 nitrogen and oxygen atoms in total. The van der Waals surface area contributed by atoms with Crippen LogP contribution in [0.2, 0.25) is 0 Å². The van der Waals surface area contributed by atoms with E-state index in [9.17, 15) is 13.2 Å². The molecule has 0 saturated carbocycles. The molecule has 0 aromatic heterocycles. The first-order valence-electron chi connectivity index (χ1n) is 8.07. The number of fused-ring (bicyclic) bond motifs is 1. The molecule has 1 aliphatic heterocycles. The van der Waals surface area contributed by atoms with Crippen LogP contribution in [-0.2, 0) is 21.2 Å². The molecule has 0 radical (unpaired) electrons. The van der Waals surface area contributed by atoms with Crippen LogP contribution >= 0.6 is 0 Å². The first kappa shape index (κ1) is 18.2. The Hall–Kier alpha value is -2.58. The summed E-state index contributed by atoms with van der Waals surface area (Å²) in [6.07, 6.45) is 0.510. The zero-order valence-electron chi connectivity index (χ0n) is 14.5. The van der Waals surface area contributed by atoms with Gasteiger partial charge in [0.25, 0.3) is 0 Å². The van der Waals surface area contributed by atoms with Gasteiger partial charge >= 0.3 is 0 Å². The minimum atomic E-state index is -3.70. The second-order valence-corrected chi connectivity index (χ2v) is 7.70. The number of methoxy groups -OCH3 is 1. The van der Waals surface area contributed by atoms with Crippen molar-refractivity contribution in [2.24, 2.45) is 0 Å². The summed E-state index contributed by atoms with van der Waals surface area (Å²) in [4.78, 5) is 11.2. The van der Waals surface area contributed by atoms with Crippen LogP contribution in [0, 0.1) is 0 Å². The van der Waals surface area contributed by atoms with E-state index in [4.69, 9.17) is 9.47 Å². The molecule has 0 aliphatic carbocycles. The summed E-state index contributed by atoms with van der Waals surface area (Å²) in [6.45, 7) is 1.61. The lowest BCUT2D eigenvalue weighted by molar-refractivity contribution is -0.114. The van der Waals surface area contributed by atoms with E-state index < -0.39 is 10.0 Å². The van der Waals surface area contributed by atoms with Gasteiger partial charge < -0.3 is 14.8 Å². The summed E-state index contributed by atoms with van der Waals surface area (Å²) in [6, 6.07) is 11.2. The van der Waals surface area contributed by atoms with E-state index in [1.807, 2.05) is 12.1 Å². The molecule has 8 heteroatoms. The zero-order chi connectivity index (χ0) is 18.7. The van der Waals surface area contributed by atoms with Gasteiger partial charge in [-0.25, -0.2) is 13.1 Å². The first-order chi connectivity index (χ1) is 12.4. The van der Waals surface area contributed by atoms with Crippen LogP contribution in [0.4, 0.5) is 5.69 Å². The normalized spacial score (nSPS) is 16.3. The average molecular weight is 376 g/mol. The number of hydrogen-bond donors (Lipinski definition) is 2. The van der Waals surface area contributed by atoms with Crippen LogP contribution in [0.25, 0.3) is 0 Å². The van der Waals surface area contributed by atoms with E-state index in [0.717, 1.165) is 5.56 Å². The van der Waals surface area contributed by atoms with Crippen LogP contribution in [0.3, 0.4) is 0 Å². The highest BCUT2D eigenvalue weighted by Crippen LogP contribution is 2.34. The summed E-state index contributed by atoms with van der Waals surface area (Å²) in [5, 5.41) is 2.60. The van der Waals surface area contributed by atoms with Crippen molar-refractivity contribution >= 4 is 21.6 Å². The van der Waals surface area contributed by atoms with Gasteiger partial charge in [-0.2, -0.15) is 0 Å². The summed E-state index contributed by atoms with van der Waals surface area (Å²) >= 11 is 0. The van der Waals surface area contributed by atoms with Gasteiger partial charge in [0.2, 0.25) is 15.9 Å². The number of nitrogens with one attached hydrogen (secondary N) is 2. The van der Waals surface area contributed by atoms with Gasteiger partial charge in [-0.1, -0.05) is 12.1 Å². The van der Waals surface area contributed by atoms with E-state index in [-0.39, 0.29) is 23.5 Å². The number of benzene rings is 2. The van der Waals surface area contributed by atoms with Crippen LogP contribution < -0.4 is 19.5 Å². The maximum Gasteiger partial charge on any atom is 0.240 e. The van der Waals surface area contributed by atoms with Crippen molar-refractivity contribution in [1.82, 2.24) is 4.72 Å². The number of hydrogen-bond acceptors (Lipinski definition) is 5. The molecule has 0 spiro atoms. The molecule has 2 aromatic rings. The Morgan fingerprint density at radius 3 is 2.58 bits per heavy atom. The lowest BCUT2D eigenvalue weighted by Crippen LogP contribution is -2.42. The average Bonchev–Trinajstić information content (AvgIpc) is 2.60. The number of sulfonamides is 1. The van der Waals surface area contributed by atoms with E-state index >= 15 is 0 Å². The van der Waals surface area contributed by atoms with E-state index in [1.165, 1.54) is 19.1 Å². The SMILES string of the molecule is COc1cccc2c1OC[C@@H](NS(=O)(=O)c1ccc(NC(C)=O)cc1)C2. The van der Waals surface area contributed by atoms with Gasteiger partial charge in [0, 0.05) is 12.6 Å². The summed E-state index contributed by atoms with van der Waals surface area (Å²) < 4.78 is 38.8. The third kappa shape index (κ3) is 3.97. The van der Waals surface area contributed by atoms with Crippen molar-refractivity contribution in [3.8, 4) is 11.5 Å². The summed E-state index contributed by atoms with van der Waals surface area (Å²) in [7, 11) is -2.13. The molecule has 3 rings (SSSR count). The molecule has 0 fully saturated rings. The molecule has 1 aliphatic rings. The number of anilines is 1. The largest absolute Gasteiger partial charge is 0.493 e. The Balaban J connectivity index is 1.73. The molecule has 0 saturated heterocycles. The highest BCUT2D eigenvalue weighted by molar-refractivity contribution is 7.89. The second kappa shape index (κ2) is 7.35. The molecular formula is C18H20N2O5S. The molecule has 0 bridgehead atoms. The third-order valence-corrected chi connectivity index (χ3v) is 5.52. The fourth-order valence-electron chi connectivity index (χ4n) is 2.84. The molecule has 138 valence electrons. The molecule has 2 aromatic carbocycles. The van der Waals surface area contributed by atoms with Crippen LogP contribution in [0.15, 0.2) is 47.4 Å².